The Labute approximate surface area is 164 Å². The van der Waals surface area contributed by atoms with Gasteiger partial charge in [-0.05, 0) is 36.8 Å². The Hall–Kier alpha value is -3.33. The summed E-state index contributed by atoms with van der Waals surface area (Å²) in [4.78, 5) is 20.9. The van der Waals surface area contributed by atoms with Crippen LogP contribution in [0.15, 0.2) is 42.7 Å². The maximum absolute atomic E-state index is 14.5. The highest BCUT2D eigenvalue weighted by Crippen LogP contribution is 2.34. The zero-order valence-corrected chi connectivity index (χ0v) is 15.3. The zero-order valence-electron chi connectivity index (χ0n) is 15.3. The van der Waals surface area contributed by atoms with E-state index in [4.69, 9.17) is 0 Å². The lowest BCUT2D eigenvalue weighted by Gasteiger charge is -2.45. The number of hydrogen-bond donors (Lipinski definition) is 3. The first-order chi connectivity index (χ1) is 13.8. The number of H-pyrrole nitrogens is 1. The van der Waals surface area contributed by atoms with Crippen LogP contribution in [-0.2, 0) is 5.60 Å². The molecule has 1 aromatic heterocycles. The summed E-state index contributed by atoms with van der Waals surface area (Å²) in [5, 5.41) is 13.0. The van der Waals surface area contributed by atoms with Crippen molar-refractivity contribution in [1.82, 2.24) is 14.9 Å². The molecule has 0 saturated carbocycles. The maximum atomic E-state index is 14.5. The normalized spacial score (nSPS) is 15.1. The van der Waals surface area contributed by atoms with Crippen LogP contribution in [0, 0.1) is 24.4 Å². The van der Waals surface area contributed by atoms with Crippen LogP contribution in [0.4, 0.5) is 24.5 Å². The van der Waals surface area contributed by atoms with E-state index in [9.17, 15) is 23.1 Å². The quantitative estimate of drug-likeness (QED) is 0.626. The van der Waals surface area contributed by atoms with Gasteiger partial charge in [0.25, 0.3) is 5.91 Å². The predicted molar refractivity (Wildman–Crippen MR) is 99.2 cm³/mol. The van der Waals surface area contributed by atoms with Crippen molar-refractivity contribution in [1.29, 1.82) is 0 Å². The summed E-state index contributed by atoms with van der Waals surface area (Å²) in [6.45, 7) is 1.54. The monoisotopic (exact) mass is 402 g/mol. The molecule has 1 aliphatic rings. The van der Waals surface area contributed by atoms with Crippen molar-refractivity contribution in [3.63, 3.8) is 0 Å². The van der Waals surface area contributed by atoms with Crippen LogP contribution in [0.1, 0.15) is 21.7 Å². The second kappa shape index (κ2) is 6.93. The number of amides is 1. The van der Waals surface area contributed by atoms with Crippen LogP contribution in [0.2, 0.25) is 0 Å². The molecule has 0 radical (unpaired) electrons. The molecule has 1 saturated heterocycles. The van der Waals surface area contributed by atoms with Crippen LogP contribution in [0.5, 0.6) is 0 Å². The highest BCUT2D eigenvalue weighted by molar-refractivity contribution is 6.01. The number of aromatic amines is 1. The zero-order chi connectivity index (χ0) is 20.8. The van der Waals surface area contributed by atoms with Crippen molar-refractivity contribution in [2.45, 2.75) is 12.5 Å². The number of hydrogen-bond acceptors (Lipinski definition) is 4. The van der Waals surface area contributed by atoms with E-state index in [0.717, 1.165) is 12.1 Å². The predicted octanol–water partition coefficient (Wildman–Crippen LogP) is 3.22. The Bertz CT molecular complexity index is 1080. The van der Waals surface area contributed by atoms with Gasteiger partial charge in [-0.3, -0.25) is 4.79 Å². The number of aliphatic hydroxyl groups is 1. The smallest absolute Gasteiger partial charge is 0.256 e. The SMILES string of the molecule is Cc1ccc(Nc2c(C(=O)N3CC(O)(c4ncc[nH]4)C3)ccc(F)c2F)c(F)c1. The minimum absolute atomic E-state index is 0.0727. The summed E-state index contributed by atoms with van der Waals surface area (Å²) in [7, 11) is 0. The lowest BCUT2D eigenvalue weighted by atomic mass is 9.92. The van der Waals surface area contributed by atoms with Gasteiger partial charge < -0.3 is 20.3 Å². The molecule has 4 rings (SSSR count). The van der Waals surface area contributed by atoms with E-state index in [1.54, 1.807) is 19.2 Å². The molecule has 29 heavy (non-hydrogen) atoms. The first-order valence-electron chi connectivity index (χ1n) is 8.81. The molecule has 0 spiro atoms. The number of imidazole rings is 1. The molecule has 1 amide bonds. The van der Waals surface area contributed by atoms with Crippen LogP contribution < -0.4 is 5.32 Å². The molecule has 1 fully saturated rings. The number of nitrogens with one attached hydrogen (secondary N) is 2. The van der Waals surface area contributed by atoms with E-state index in [1.807, 2.05) is 0 Å². The third-order valence-corrected chi connectivity index (χ3v) is 4.84. The van der Waals surface area contributed by atoms with Gasteiger partial charge in [0.15, 0.2) is 17.2 Å². The number of halogens is 3. The third-order valence-electron chi connectivity index (χ3n) is 4.84. The molecule has 0 atom stereocenters. The summed E-state index contributed by atoms with van der Waals surface area (Å²) in [5.74, 6) is -3.45. The van der Waals surface area contributed by atoms with Gasteiger partial charge in [0.1, 0.15) is 11.6 Å². The van der Waals surface area contributed by atoms with E-state index in [-0.39, 0.29) is 24.3 Å². The fraction of sp³-hybridized carbons (Fsp3) is 0.200. The van der Waals surface area contributed by atoms with Gasteiger partial charge in [0.2, 0.25) is 0 Å². The summed E-state index contributed by atoms with van der Waals surface area (Å²) < 4.78 is 42.5. The van der Waals surface area contributed by atoms with E-state index >= 15 is 0 Å². The number of carbonyl (C=O) groups is 1. The average Bonchev–Trinajstić information content (AvgIpc) is 3.19. The van der Waals surface area contributed by atoms with Crippen molar-refractivity contribution < 1.29 is 23.1 Å². The Kier molecular flexibility index (Phi) is 4.54. The van der Waals surface area contributed by atoms with Gasteiger partial charge in [-0.25, -0.2) is 18.2 Å². The fourth-order valence-electron chi connectivity index (χ4n) is 3.28. The molecule has 0 unspecified atom stereocenters. The average molecular weight is 402 g/mol. The molecular formula is C20H17F3N4O2. The highest BCUT2D eigenvalue weighted by atomic mass is 19.2. The highest BCUT2D eigenvalue weighted by Gasteiger charge is 2.47. The number of likely N-dealkylation sites (tertiary alicyclic amines) is 1. The second-order valence-electron chi connectivity index (χ2n) is 7.02. The van der Waals surface area contributed by atoms with Gasteiger partial charge in [0.05, 0.1) is 30.0 Å². The Morgan fingerprint density at radius 2 is 1.97 bits per heavy atom. The first-order valence-corrected chi connectivity index (χ1v) is 8.81. The fourth-order valence-corrected chi connectivity index (χ4v) is 3.28. The minimum Gasteiger partial charge on any atom is -0.378 e. The number of aryl methyl sites for hydroxylation is 1. The molecule has 3 N–H and O–H groups in total. The van der Waals surface area contributed by atoms with Crippen LogP contribution >= 0.6 is 0 Å². The molecule has 2 heterocycles. The van der Waals surface area contributed by atoms with Crippen molar-refractivity contribution in [3.8, 4) is 0 Å². The summed E-state index contributed by atoms with van der Waals surface area (Å²) in [5.41, 5.74) is -1.42. The molecule has 9 heteroatoms. The van der Waals surface area contributed by atoms with Gasteiger partial charge in [-0.15, -0.1) is 0 Å². The largest absolute Gasteiger partial charge is 0.378 e. The van der Waals surface area contributed by atoms with Crippen molar-refractivity contribution in [3.05, 3.63) is 77.1 Å². The lowest BCUT2D eigenvalue weighted by molar-refractivity contribution is -0.0917. The number of β-amino-alcohol motifs (C(OH)–C–C–N with tert-alkyl or cyclic N) is 1. The molecule has 1 aliphatic heterocycles. The summed E-state index contributed by atoms with van der Waals surface area (Å²) in [6.07, 6.45) is 3.02. The summed E-state index contributed by atoms with van der Waals surface area (Å²) in [6, 6.07) is 6.17. The third kappa shape index (κ3) is 3.33. The van der Waals surface area contributed by atoms with E-state index in [1.165, 1.54) is 23.2 Å². The number of anilines is 2. The Balaban J connectivity index is 1.62. The maximum Gasteiger partial charge on any atom is 0.256 e. The van der Waals surface area contributed by atoms with Gasteiger partial charge in [-0.2, -0.15) is 0 Å². The molecule has 6 nitrogen and oxygen atoms in total. The molecule has 0 bridgehead atoms. The molecular weight excluding hydrogens is 385 g/mol. The minimum atomic E-state index is -1.34. The number of rotatable bonds is 4. The number of carbonyl (C=O) groups excluding carboxylic acids is 1. The second-order valence-corrected chi connectivity index (χ2v) is 7.02. The first kappa shape index (κ1) is 19.0. The van der Waals surface area contributed by atoms with E-state index < -0.39 is 34.6 Å². The molecule has 0 aliphatic carbocycles. The lowest BCUT2D eigenvalue weighted by Crippen LogP contribution is -2.61. The van der Waals surface area contributed by atoms with Crippen LogP contribution in [0.3, 0.4) is 0 Å². The summed E-state index contributed by atoms with van der Waals surface area (Å²) >= 11 is 0. The number of nitrogens with zero attached hydrogens (tertiary/aromatic N) is 2. The Morgan fingerprint density at radius 3 is 2.62 bits per heavy atom. The number of benzene rings is 2. The van der Waals surface area contributed by atoms with Crippen LogP contribution in [-0.4, -0.2) is 39.0 Å². The van der Waals surface area contributed by atoms with E-state index in [2.05, 4.69) is 15.3 Å². The molecule has 150 valence electrons. The standard InChI is InChI=1S/C20H17F3N4O2/c1-11-2-5-15(14(22)8-11)26-17-12(3-4-13(21)16(17)23)18(28)27-9-20(29,10-27)19-24-6-7-25-19/h2-8,26,29H,9-10H2,1H3,(H,24,25). The Morgan fingerprint density at radius 1 is 1.21 bits per heavy atom. The molecule has 3 aromatic rings. The van der Waals surface area contributed by atoms with Crippen molar-refractivity contribution in [2.24, 2.45) is 0 Å². The number of aromatic nitrogens is 2. The van der Waals surface area contributed by atoms with Gasteiger partial charge in [-0.1, -0.05) is 6.07 Å². The van der Waals surface area contributed by atoms with Crippen molar-refractivity contribution in [2.75, 3.05) is 18.4 Å². The molecule has 2 aromatic carbocycles. The van der Waals surface area contributed by atoms with Gasteiger partial charge >= 0.3 is 0 Å². The van der Waals surface area contributed by atoms with Gasteiger partial charge in [0, 0.05) is 12.4 Å². The van der Waals surface area contributed by atoms with Crippen LogP contribution in [0.25, 0.3) is 0 Å². The van der Waals surface area contributed by atoms with Crippen molar-refractivity contribution >= 4 is 17.3 Å². The van der Waals surface area contributed by atoms with E-state index in [0.29, 0.717) is 11.4 Å². The topological polar surface area (TPSA) is 81.2 Å².